The van der Waals surface area contributed by atoms with E-state index in [1.165, 1.54) is 110 Å². The zero-order valence-electron chi connectivity index (χ0n) is 33.5. The van der Waals surface area contributed by atoms with Crippen LogP contribution in [0.2, 0.25) is 0 Å². The summed E-state index contributed by atoms with van der Waals surface area (Å²) in [4.78, 5) is 0. The summed E-state index contributed by atoms with van der Waals surface area (Å²) in [6.07, 6.45) is 0. The highest BCUT2D eigenvalue weighted by atomic mass is 15.0. The lowest BCUT2D eigenvalue weighted by molar-refractivity contribution is 1.18. The number of nitrogens with zero attached hydrogens (tertiary/aromatic N) is 1. The predicted molar refractivity (Wildman–Crippen MR) is 260 cm³/mol. The van der Waals surface area contributed by atoms with Crippen molar-refractivity contribution in [1.82, 2.24) is 4.57 Å². The maximum Gasteiger partial charge on any atom is 0.0541 e. The van der Waals surface area contributed by atoms with E-state index < -0.39 is 0 Å². The Bertz CT molecular complexity index is 3420. The maximum absolute atomic E-state index is 2.43. The second kappa shape index (κ2) is 14.4. The van der Waals surface area contributed by atoms with Crippen LogP contribution < -0.4 is 0 Å². The quantitative estimate of drug-likeness (QED) is 0.159. The number of aromatic nitrogens is 1. The molecule has 0 amide bonds. The standard InChI is InChI=1S/C60H39N/c1-2-12-48-37-49(28-23-40(48)9-1)43-29-33-52(34-30-43)61-59-35-31-50(41-19-24-46(25-20-41)55-17-7-13-44-10-3-5-15-53(44)55)38-57(59)58-39-51(32-36-60(58)61)42-21-26-47(27-22-42)56-18-8-14-45-11-4-6-16-54(45)56/h1-39H. The fraction of sp³-hybridized carbons (Fsp3) is 0. The minimum atomic E-state index is 1.14. The molecule has 1 heterocycles. The summed E-state index contributed by atoms with van der Waals surface area (Å²) in [5.74, 6) is 0. The summed E-state index contributed by atoms with van der Waals surface area (Å²) < 4.78 is 2.43. The first-order valence-electron chi connectivity index (χ1n) is 21.1. The second-order valence-corrected chi connectivity index (χ2v) is 16.1. The Hall–Kier alpha value is -8.00. The van der Waals surface area contributed by atoms with E-state index in [0.29, 0.717) is 0 Å². The van der Waals surface area contributed by atoms with Gasteiger partial charge >= 0.3 is 0 Å². The molecule has 1 nitrogen and oxygen atoms in total. The molecule has 0 saturated carbocycles. The summed E-state index contributed by atoms with van der Waals surface area (Å²) in [6.45, 7) is 0. The average Bonchev–Trinajstić information content (AvgIpc) is 3.66. The molecule has 284 valence electrons. The van der Waals surface area contributed by atoms with Crippen molar-refractivity contribution in [3.8, 4) is 61.3 Å². The Morgan fingerprint density at radius 2 is 0.590 bits per heavy atom. The Morgan fingerprint density at radius 3 is 1.11 bits per heavy atom. The first kappa shape index (κ1) is 35.0. The molecule has 1 heteroatoms. The Morgan fingerprint density at radius 1 is 0.213 bits per heavy atom. The molecule has 12 rings (SSSR count). The van der Waals surface area contributed by atoms with Crippen molar-refractivity contribution >= 4 is 54.1 Å². The van der Waals surface area contributed by atoms with E-state index in [4.69, 9.17) is 0 Å². The van der Waals surface area contributed by atoms with Gasteiger partial charge in [0.2, 0.25) is 0 Å². The molecule has 0 unspecified atom stereocenters. The molecule has 0 aliphatic carbocycles. The Balaban J connectivity index is 0.963. The van der Waals surface area contributed by atoms with Crippen LogP contribution >= 0.6 is 0 Å². The highest BCUT2D eigenvalue weighted by molar-refractivity contribution is 6.12. The van der Waals surface area contributed by atoms with Crippen LogP contribution in [-0.4, -0.2) is 4.57 Å². The summed E-state index contributed by atoms with van der Waals surface area (Å²) >= 11 is 0. The molecular formula is C60H39N. The summed E-state index contributed by atoms with van der Waals surface area (Å²) in [5.41, 5.74) is 15.7. The normalized spacial score (nSPS) is 11.6. The van der Waals surface area contributed by atoms with Crippen LogP contribution in [-0.2, 0) is 0 Å². The Labute approximate surface area is 355 Å². The van der Waals surface area contributed by atoms with Gasteiger partial charge in [0.05, 0.1) is 11.0 Å². The van der Waals surface area contributed by atoms with E-state index in [0.717, 1.165) is 5.69 Å². The zero-order chi connectivity index (χ0) is 40.3. The van der Waals surface area contributed by atoms with Crippen molar-refractivity contribution < 1.29 is 0 Å². The number of fused-ring (bicyclic) bond motifs is 6. The van der Waals surface area contributed by atoms with Crippen LogP contribution in [0.25, 0.3) is 115 Å². The molecule has 0 fully saturated rings. The van der Waals surface area contributed by atoms with E-state index in [9.17, 15) is 0 Å². The average molecular weight is 774 g/mol. The van der Waals surface area contributed by atoms with Gasteiger partial charge < -0.3 is 4.57 Å². The lowest BCUT2D eigenvalue weighted by atomic mass is 9.95. The zero-order valence-corrected chi connectivity index (χ0v) is 33.5. The minimum Gasteiger partial charge on any atom is -0.309 e. The lowest BCUT2D eigenvalue weighted by Gasteiger charge is -2.11. The van der Waals surface area contributed by atoms with E-state index in [1.807, 2.05) is 0 Å². The second-order valence-electron chi connectivity index (χ2n) is 16.1. The molecule has 0 bridgehead atoms. The van der Waals surface area contributed by atoms with Crippen LogP contribution in [0.15, 0.2) is 237 Å². The third kappa shape index (κ3) is 6.10. The fourth-order valence-electron chi connectivity index (χ4n) is 9.47. The molecule has 0 atom stereocenters. The molecule has 61 heavy (non-hydrogen) atoms. The van der Waals surface area contributed by atoms with Gasteiger partial charge in [-0.25, -0.2) is 0 Å². The number of hydrogen-bond donors (Lipinski definition) is 0. The largest absolute Gasteiger partial charge is 0.309 e. The van der Waals surface area contributed by atoms with Gasteiger partial charge in [0.1, 0.15) is 0 Å². The van der Waals surface area contributed by atoms with Gasteiger partial charge in [0.15, 0.2) is 0 Å². The van der Waals surface area contributed by atoms with E-state index in [2.05, 4.69) is 241 Å². The maximum atomic E-state index is 2.43. The molecule has 0 aliphatic heterocycles. The monoisotopic (exact) mass is 773 g/mol. The molecule has 1 aromatic heterocycles. The van der Waals surface area contributed by atoms with Crippen LogP contribution in [0.3, 0.4) is 0 Å². The number of benzene rings is 11. The van der Waals surface area contributed by atoms with E-state index in [1.54, 1.807) is 0 Å². The van der Waals surface area contributed by atoms with Gasteiger partial charge in [-0.3, -0.25) is 0 Å². The minimum absolute atomic E-state index is 1.14. The van der Waals surface area contributed by atoms with E-state index in [-0.39, 0.29) is 0 Å². The SMILES string of the molecule is c1ccc2cc(-c3ccc(-n4c5ccc(-c6ccc(-c7cccc8ccccc78)cc6)cc5c5cc(-c6ccc(-c7cccc8ccccc78)cc6)ccc54)cc3)ccc2c1. The third-order valence-electron chi connectivity index (χ3n) is 12.6. The van der Waals surface area contributed by atoms with Crippen LogP contribution in [0.4, 0.5) is 0 Å². The molecule has 11 aromatic carbocycles. The van der Waals surface area contributed by atoms with Gasteiger partial charge in [-0.2, -0.15) is 0 Å². The third-order valence-corrected chi connectivity index (χ3v) is 12.6. The van der Waals surface area contributed by atoms with Crippen molar-refractivity contribution in [3.63, 3.8) is 0 Å². The molecule has 0 aliphatic rings. The van der Waals surface area contributed by atoms with Crippen molar-refractivity contribution in [3.05, 3.63) is 237 Å². The molecular weight excluding hydrogens is 735 g/mol. The smallest absolute Gasteiger partial charge is 0.0541 e. The lowest BCUT2D eigenvalue weighted by Crippen LogP contribution is -1.94. The first-order chi connectivity index (χ1) is 30.2. The van der Waals surface area contributed by atoms with Gasteiger partial charge in [0.25, 0.3) is 0 Å². The predicted octanol–water partition coefficient (Wildman–Crippen LogP) is 16.6. The van der Waals surface area contributed by atoms with Crippen LogP contribution in [0.5, 0.6) is 0 Å². The highest BCUT2D eigenvalue weighted by Gasteiger charge is 2.16. The molecule has 0 N–H and O–H groups in total. The Kier molecular flexibility index (Phi) is 8.25. The topological polar surface area (TPSA) is 4.93 Å². The van der Waals surface area contributed by atoms with Gasteiger partial charge in [-0.15, -0.1) is 0 Å². The summed E-state index contributed by atoms with van der Waals surface area (Å²) in [6, 6.07) is 86.8. The van der Waals surface area contributed by atoms with Gasteiger partial charge in [-0.05, 0) is 130 Å². The van der Waals surface area contributed by atoms with Crippen molar-refractivity contribution in [2.24, 2.45) is 0 Å². The van der Waals surface area contributed by atoms with Gasteiger partial charge in [0, 0.05) is 16.5 Å². The van der Waals surface area contributed by atoms with Crippen molar-refractivity contribution in [2.75, 3.05) is 0 Å². The highest BCUT2D eigenvalue weighted by Crippen LogP contribution is 2.39. The molecule has 12 aromatic rings. The van der Waals surface area contributed by atoms with Crippen LogP contribution in [0.1, 0.15) is 0 Å². The number of hydrogen-bond acceptors (Lipinski definition) is 0. The molecule has 0 spiro atoms. The first-order valence-corrected chi connectivity index (χ1v) is 21.1. The van der Waals surface area contributed by atoms with Crippen molar-refractivity contribution in [1.29, 1.82) is 0 Å². The summed E-state index contributed by atoms with van der Waals surface area (Å²) in [7, 11) is 0. The summed E-state index contributed by atoms with van der Waals surface area (Å²) in [5, 5.41) is 10.0. The number of rotatable bonds is 6. The van der Waals surface area contributed by atoms with Gasteiger partial charge in [-0.1, -0.05) is 194 Å². The molecule has 0 saturated heterocycles. The fourth-order valence-corrected chi connectivity index (χ4v) is 9.47. The van der Waals surface area contributed by atoms with E-state index >= 15 is 0 Å². The van der Waals surface area contributed by atoms with Crippen molar-refractivity contribution in [2.45, 2.75) is 0 Å². The molecule has 0 radical (unpaired) electrons. The van der Waals surface area contributed by atoms with Crippen LogP contribution in [0, 0.1) is 0 Å².